The van der Waals surface area contributed by atoms with Crippen LogP contribution in [0.2, 0.25) is 0 Å². The number of hydrogen-bond acceptors (Lipinski definition) is 4. The largest absolute Gasteiger partial charge is 0.416 e. The van der Waals surface area contributed by atoms with E-state index in [4.69, 9.17) is 15.6 Å². The minimum atomic E-state index is -4.33. The van der Waals surface area contributed by atoms with Crippen LogP contribution in [0, 0.1) is 11.8 Å². The number of aliphatic hydroxyl groups excluding tert-OH is 1. The van der Waals surface area contributed by atoms with Crippen LogP contribution in [-0.2, 0) is 23.9 Å². The van der Waals surface area contributed by atoms with Crippen LogP contribution in [0.5, 0.6) is 0 Å². The zero-order chi connectivity index (χ0) is 19.9. The molecule has 0 saturated heterocycles. The molecule has 0 fully saturated rings. The van der Waals surface area contributed by atoms with Gasteiger partial charge in [0.1, 0.15) is 6.61 Å². The molecule has 3 N–H and O–H groups in total. The minimum Gasteiger partial charge on any atom is -0.394 e. The van der Waals surface area contributed by atoms with Gasteiger partial charge in [0.25, 0.3) is 0 Å². The van der Waals surface area contributed by atoms with Crippen LogP contribution in [0.1, 0.15) is 34.2 Å². The Labute approximate surface area is 161 Å². The van der Waals surface area contributed by atoms with Crippen molar-refractivity contribution in [2.24, 2.45) is 5.73 Å². The van der Waals surface area contributed by atoms with E-state index >= 15 is 0 Å². The van der Waals surface area contributed by atoms with Gasteiger partial charge < -0.3 is 15.6 Å². The molecule has 7 heteroatoms. The summed E-state index contributed by atoms with van der Waals surface area (Å²) in [4.78, 5) is 2.06. The molecule has 0 bridgehead atoms. The summed E-state index contributed by atoms with van der Waals surface area (Å²) in [7, 11) is 0. The highest BCUT2D eigenvalue weighted by molar-refractivity contribution is 7.12. The summed E-state index contributed by atoms with van der Waals surface area (Å²) >= 11 is 1.57. The van der Waals surface area contributed by atoms with Gasteiger partial charge in [0, 0.05) is 10.4 Å². The van der Waals surface area contributed by atoms with Crippen LogP contribution in [0.3, 0.4) is 0 Å². The SMILES string of the molecule is CC(N)(CO)CCc1ccc(C#CCOCc2ccc(C(F)(F)F)cc2)s1. The van der Waals surface area contributed by atoms with Crippen molar-refractivity contribution < 1.29 is 23.0 Å². The van der Waals surface area contributed by atoms with Gasteiger partial charge in [-0.25, -0.2) is 0 Å². The maximum absolute atomic E-state index is 12.5. The van der Waals surface area contributed by atoms with Crippen LogP contribution in [0.25, 0.3) is 0 Å². The average molecular weight is 397 g/mol. The molecular formula is C20H22F3NO2S. The highest BCUT2D eigenvalue weighted by atomic mass is 32.1. The summed E-state index contributed by atoms with van der Waals surface area (Å²) in [5.74, 6) is 5.90. The molecule has 3 nitrogen and oxygen atoms in total. The van der Waals surface area contributed by atoms with Crippen LogP contribution in [-0.4, -0.2) is 23.9 Å². The molecule has 0 amide bonds. The molecule has 146 valence electrons. The second kappa shape index (κ2) is 9.38. The fourth-order valence-electron chi connectivity index (χ4n) is 2.20. The molecule has 0 aliphatic heterocycles. The Balaban J connectivity index is 1.76. The van der Waals surface area contributed by atoms with E-state index in [9.17, 15) is 13.2 Å². The first-order valence-corrected chi connectivity index (χ1v) is 9.22. The lowest BCUT2D eigenvalue weighted by atomic mass is 9.98. The molecule has 0 aliphatic rings. The number of ether oxygens (including phenoxy) is 1. The predicted octanol–water partition coefficient (Wildman–Crippen LogP) is 3.98. The Hall–Kier alpha value is -1.85. The summed E-state index contributed by atoms with van der Waals surface area (Å²) in [6.45, 7) is 2.16. The van der Waals surface area contributed by atoms with Gasteiger partial charge in [0.15, 0.2) is 0 Å². The number of rotatable bonds is 7. The van der Waals surface area contributed by atoms with Crippen molar-refractivity contribution >= 4 is 11.3 Å². The summed E-state index contributed by atoms with van der Waals surface area (Å²) < 4.78 is 42.9. The zero-order valence-corrected chi connectivity index (χ0v) is 15.8. The van der Waals surface area contributed by atoms with Gasteiger partial charge in [0.2, 0.25) is 0 Å². The van der Waals surface area contributed by atoms with E-state index in [1.807, 2.05) is 19.1 Å². The highest BCUT2D eigenvalue weighted by Gasteiger charge is 2.29. The topological polar surface area (TPSA) is 55.5 Å². The monoisotopic (exact) mass is 397 g/mol. The first-order chi connectivity index (χ1) is 12.7. The van der Waals surface area contributed by atoms with Gasteiger partial charge in [0.05, 0.1) is 23.7 Å². The van der Waals surface area contributed by atoms with E-state index in [1.54, 1.807) is 11.3 Å². The van der Waals surface area contributed by atoms with Crippen molar-refractivity contribution in [1.29, 1.82) is 0 Å². The second-order valence-electron chi connectivity index (χ2n) is 6.57. The Morgan fingerprint density at radius 3 is 2.48 bits per heavy atom. The number of alkyl halides is 3. The van der Waals surface area contributed by atoms with Crippen molar-refractivity contribution in [2.45, 2.75) is 38.1 Å². The van der Waals surface area contributed by atoms with Crippen LogP contribution in [0.4, 0.5) is 13.2 Å². The Morgan fingerprint density at radius 1 is 1.15 bits per heavy atom. The molecule has 0 spiro atoms. The molecule has 0 saturated carbocycles. The maximum atomic E-state index is 12.5. The Kier molecular flexibility index (Phi) is 7.45. The molecule has 0 aliphatic carbocycles. The summed E-state index contributed by atoms with van der Waals surface area (Å²) in [6.07, 6.45) is -2.86. The third-order valence-corrected chi connectivity index (χ3v) is 4.96. The molecule has 0 radical (unpaired) electrons. The molecule has 2 aromatic rings. The van der Waals surface area contributed by atoms with Crippen molar-refractivity contribution in [1.82, 2.24) is 0 Å². The van der Waals surface area contributed by atoms with E-state index in [0.29, 0.717) is 12.0 Å². The lowest BCUT2D eigenvalue weighted by molar-refractivity contribution is -0.137. The van der Waals surface area contributed by atoms with E-state index in [2.05, 4.69) is 11.8 Å². The van der Waals surface area contributed by atoms with Crippen LogP contribution in [0.15, 0.2) is 36.4 Å². The van der Waals surface area contributed by atoms with Crippen LogP contribution >= 0.6 is 11.3 Å². The number of aliphatic hydroxyl groups is 1. The average Bonchev–Trinajstić information content (AvgIpc) is 3.07. The molecule has 1 atom stereocenters. The fraction of sp³-hybridized carbons (Fsp3) is 0.400. The van der Waals surface area contributed by atoms with Gasteiger partial charge >= 0.3 is 6.18 Å². The van der Waals surface area contributed by atoms with E-state index < -0.39 is 17.3 Å². The smallest absolute Gasteiger partial charge is 0.394 e. The number of halogens is 3. The molecule has 1 unspecified atom stereocenters. The third-order valence-electron chi connectivity index (χ3n) is 3.90. The van der Waals surface area contributed by atoms with Gasteiger partial charge in [-0.2, -0.15) is 13.2 Å². The Morgan fingerprint density at radius 2 is 1.85 bits per heavy atom. The normalized spacial score (nSPS) is 13.7. The summed E-state index contributed by atoms with van der Waals surface area (Å²) in [6, 6.07) is 8.81. The first-order valence-electron chi connectivity index (χ1n) is 8.41. The van der Waals surface area contributed by atoms with Crippen LogP contribution < -0.4 is 5.73 Å². The van der Waals surface area contributed by atoms with E-state index in [1.165, 1.54) is 12.1 Å². The van der Waals surface area contributed by atoms with Crippen molar-refractivity contribution in [3.05, 3.63) is 57.3 Å². The molecule has 1 heterocycles. The second-order valence-corrected chi connectivity index (χ2v) is 7.74. The standard InChI is InChI=1S/C20H22F3NO2S/c1-19(24,14-25)11-10-18-9-8-17(27-18)3-2-12-26-13-15-4-6-16(7-5-15)20(21,22)23/h4-9,25H,10-14,24H2,1H3. The minimum absolute atomic E-state index is 0.0543. The first kappa shape index (κ1) is 21.5. The summed E-state index contributed by atoms with van der Waals surface area (Å²) in [5, 5.41) is 9.17. The third kappa shape index (κ3) is 7.35. The predicted molar refractivity (Wildman–Crippen MR) is 100 cm³/mol. The van der Waals surface area contributed by atoms with Crippen molar-refractivity contribution in [2.75, 3.05) is 13.2 Å². The zero-order valence-electron chi connectivity index (χ0n) is 15.0. The lowest BCUT2D eigenvalue weighted by Crippen LogP contribution is -2.40. The summed E-state index contributed by atoms with van der Waals surface area (Å²) in [5.41, 5.74) is 5.33. The molecular weight excluding hydrogens is 375 g/mol. The van der Waals surface area contributed by atoms with Gasteiger partial charge in [-0.05, 0) is 49.6 Å². The maximum Gasteiger partial charge on any atom is 0.416 e. The van der Waals surface area contributed by atoms with Gasteiger partial charge in [-0.15, -0.1) is 11.3 Å². The molecule has 1 aromatic heterocycles. The molecule has 27 heavy (non-hydrogen) atoms. The van der Waals surface area contributed by atoms with E-state index in [0.717, 1.165) is 28.3 Å². The molecule has 1 aromatic carbocycles. The number of aryl methyl sites for hydroxylation is 1. The Bertz CT molecular complexity index is 786. The quantitative estimate of drug-likeness (QED) is 0.549. The van der Waals surface area contributed by atoms with Crippen molar-refractivity contribution in [3.63, 3.8) is 0 Å². The molecule has 2 rings (SSSR count). The highest BCUT2D eigenvalue weighted by Crippen LogP contribution is 2.29. The number of benzene rings is 1. The van der Waals surface area contributed by atoms with E-state index in [-0.39, 0.29) is 19.8 Å². The number of nitrogens with two attached hydrogens (primary N) is 1. The van der Waals surface area contributed by atoms with Gasteiger partial charge in [-0.1, -0.05) is 24.0 Å². The number of hydrogen-bond donors (Lipinski definition) is 2. The number of thiophene rings is 1. The lowest BCUT2D eigenvalue weighted by Gasteiger charge is -2.20. The van der Waals surface area contributed by atoms with Gasteiger partial charge in [-0.3, -0.25) is 0 Å². The fourth-order valence-corrected chi connectivity index (χ4v) is 3.08. The van der Waals surface area contributed by atoms with Crippen molar-refractivity contribution in [3.8, 4) is 11.8 Å².